The fraction of sp³-hybridized carbons (Fsp3) is 0.700. The van der Waals surface area contributed by atoms with Crippen molar-refractivity contribution in [1.82, 2.24) is 0 Å². The third kappa shape index (κ3) is 4.77. The molecule has 2 aliphatic carbocycles. The molecule has 2 fully saturated rings. The lowest BCUT2D eigenvalue weighted by molar-refractivity contribution is 0.135. The Labute approximate surface area is 162 Å². The Morgan fingerprint density at radius 3 is 2.00 bits per heavy atom. The van der Waals surface area contributed by atoms with Gasteiger partial charge in [-0.3, -0.25) is 0 Å². The number of hydrogen-bond donors (Lipinski definition) is 0. The first kappa shape index (κ1) is 19.2. The fourth-order valence-corrected chi connectivity index (χ4v) is 5.09. The molecule has 1 aromatic carbocycles. The molecule has 0 aromatic heterocycles. The average Bonchev–Trinajstić information content (AvgIpc) is 2.64. The van der Waals surface area contributed by atoms with E-state index in [0.717, 1.165) is 28.6 Å². The third-order valence-corrected chi connectivity index (χ3v) is 7.21. The molecule has 5 heteroatoms. The molecule has 0 spiro atoms. The summed E-state index contributed by atoms with van der Waals surface area (Å²) in [4.78, 5) is 0. The van der Waals surface area contributed by atoms with E-state index in [9.17, 15) is 8.78 Å². The van der Waals surface area contributed by atoms with E-state index in [0.29, 0.717) is 12.5 Å². The monoisotopic (exact) mass is 464 g/mol. The van der Waals surface area contributed by atoms with Gasteiger partial charge in [-0.2, -0.15) is 8.78 Å². The predicted molar refractivity (Wildman–Crippen MR) is 104 cm³/mol. The van der Waals surface area contributed by atoms with E-state index in [-0.39, 0.29) is 11.5 Å². The second-order valence-electron chi connectivity index (χ2n) is 7.50. The topological polar surface area (TPSA) is 18.5 Å². The van der Waals surface area contributed by atoms with Gasteiger partial charge in [0.25, 0.3) is 0 Å². The first-order chi connectivity index (χ1) is 12.1. The van der Waals surface area contributed by atoms with Crippen LogP contribution in [0.3, 0.4) is 0 Å². The van der Waals surface area contributed by atoms with Crippen LogP contribution in [0.2, 0.25) is 0 Å². The number of ether oxygens (including phenoxy) is 2. The minimum Gasteiger partial charge on any atom is -0.494 e. The molecule has 0 amide bonds. The number of halogens is 3. The lowest BCUT2D eigenvalue weighted by Gasteiger charge is -2.36. The van der Waals surface area contributed by atoms with E-state index < -0.39 is 11.6 Å². The van der Waals surface area contributed by atoms with Crippen LogP contribution in [-0.4, -0.2) is 17.6 Å². The van der Waals surface area contributed by atoms with Crippen molar-refractivity contribution in [3.05, 3.63) is 23.8 Å². The summed E-state index contributed by atoms with van der Waals surface area (Å²) in [6, 6.07) is 2.86. The molecule has 1 aromatic rings. The Bertz CT molecular complexity index is 565. The highest BCUT2D eigenvalue weighted by atomic mass is 127. The van der Waals surface area contributed by atoms with Gasteiger partial charge in [0, 0.05) is 3.92 Å². The summed E-state index contributed by atoms with van der Waals surface area (Å²) in [5.74, 6) is 0.170. The molecule has 2 aliphatic rings. The lowest BCUT2D eigenvalue weighted by atomic mass is 9.71. The third-order valence-electron chi connectivity index (χ3n) is 5.97. The Kier molecular flexibility index (Phi) is 6.80. The molecule has 3 rings (SSSR count). The van der Waals surface area contributed by atoms with Crippen molar-refractivity contribution in [2.75, 3.05) is 13.7 Å². The zero-order chi connectivity index (χ0) is 17.8. The molecule has 0 N–H and O–H groups in total. The van der Waals surface area contributed by atoms with E-state index >= 15 is 0 Å². The normalized spacial score (nSPS) is 30.1. The summed E-state index contributed by atoms with van der Waals surface area (Å²) in [7, 11) is 1.32. The molecule has 0 unspecified atom stereocenters. The molecule has 140 valence electrons. The van der Waals surface area contributed by atoms with Crippen LogP contribution in [0, 0.1) is 29.4 Å². The maximum atomic E-state index is 14.0. The summed E-state index contributed by atoms with van der Waals surface area (Å²) in [6.45, 7) is 0.468. The van der Waals surface area contributed by atoms with E-state index in [2.05, 4.69) is 22.6 Å². The highest BCUT2D eigenvalue weighted by molar-refractivity contribution is 14.1. The van der Waals surface area contributed by atoms with Crippen LogP contribution in [-0.2, 0) is 0 Å². The Morgan fingerprint density at radius 2 is 1.40 bits per heavy atom. The molecule has 0 saturated heterocycles. The van der Waals surface area contributed by atoms with Gasteiger partial charge in [-0.05, 0) is 81.3 Å². The second-order valence-corrected chi connectivity index (χ2v) is 9.26. The van der Waals surface area contributed by atoms with Gasteiger partial charge in [0.2, 0.25) is 11.6 Å². The van der Waals surface area contributed by atoms with Gasteiger partial charge in [0.15, 0.2) is 11.5 Å². The molecule has 25 heavy (non-hydrogen) atoms. The standard InChI is InChI=1S/C20H27F2IO2/c1-24-17-10-11-18(20(22)19(17)21)25-12-13-2-4-14(5-3-13)15-6-8-16(23)9-7-15/h10-11,13-16H,2-9,12H2,1H3. The number of methoxy groups -OCH3 is 1. The highest BCUT2D eigenvalue weighted by Crippen LogP contribution is 2.41. The van der Waals surface area contributed by atoms with Gasteiger partial charge < -0.3 is 9.47 Å². The fourth-order valence-electron chi connectivity index (χ4n) is 4.37. The molecular weight excluding hydrogens is 437 g/mol. The molecule has 0 heterocycles. The van der Waals surface area contributed by atoms with Crippen LogP contribution in [0.1, 0.15) is 51.4 Å². The van der Waals surface area contributed by atoms with E-state index in [1.165, 1.54) is 57.8 Å². The number of alkyl halides is 1. The molecule has 0 atom stereocenters. The smallest absolute Gasteiger partial charge is 0.204 e. The van der Waals surface area contributed by atoms with Crippen molar-refractivity contribution in [1.29, 1.82) is 0 Å². The maximum absolute atomic E-state index is 14.0. The van der Waals surface area contributed by atoms with E-state index in [1.807, 2.05) is 0 Å². The molecule has 0 aliphatic heterocycles. The van der Waals surface area contributed by atoms with Gasteiger partial charge >= 0.3 is 0 Å². The highest BCUT2D eigenvalue weighted by Gasteiger charge is 2.30. The maximum Gasteiger partial charge on any atom is 0.204 e. The van der Waals surface area contributed by atoms with Crippen molar-refractivity contribution in [2.45, 2.75) is 55.3 Å². The summed E-state index contributed by atoms with van der Waals surface area (Å²) >= 11 is 2.58. The molecule has 0 bridgehead atoms. The SMILES string of the molecule is COc1ccc(OCC2CCC(C3CCC(I)CC3)CC2)c(F)c1F. The largest absolute Gasteiger partial charge is 0.494 e. The van der Waals surface area contributed by atoms with Gasteiger partial charge in [-0.1, -0.05) is 22.6 Å². The Morgan fingerprint density at radius 1 is 0.880 bits per heavy atom. The molecule has 2 saturated carbocycles. The van der Waals surface area contributed by atoms with E-state index in [4.69, 9.17) is 9.47 Å². The summed E-state index contributed by atoms with van der Waals surface area (Å²) in [5, 5.41) is 0. The molecular formula is C20H27F2IO2. The van der Waals surface area contributed by atoms with E-state index in [1.54, 1.807) is 0 Å². The minimum absolute atomic E-state index is 0.0132. The first-order valence-corrected chi connectivity index (χ1v) is 10.6. The van der Waals surface area contributed by atoms with Crippen molar-refractivity contribution in [3.63, 3.8) is 0 Å². The molecule has 0 radical (unpaired) electrons. The quantitative estimate of drug-likeness (QED) is 0.384. The Hall–Kier alpha value is -0.590. The first-order valence-electron chi connectivity index (χ1n) is 9.37. The summed E-state index contributed by atoms with van der Waals surface area (Å²) in [5.41, 5.74) is 0. The minimum atomic E-state index is -0.977. The zero-order valence-corrected chi connectivity index (χ0v) is 16.9. The molecule has 2 nitrogen and oxygen atoms in total. The van der Waals surface area contributed by atoms with Crippen LogP contribution in [0.5, 0.6) is 11.5 Å². The van der Waals surface area contributed by atoms with Crippen LogP contribution in [0.4, 0.5) is 8.78 Å². The lowest BCUT2D eigenvalue weighted by Crippen LogP contribution is -2.27. The number of benzene rings is 1. The average molecular weight is 464 g/mol. The van der Waals surface area contributed by atoms with Gasteiger partial charge in [0.05, 0.1) is 13.7 Å². The van der Waals surface area contributed by atoms with Crippen LogP contribution in [0.25, 0.3) is 0 Å². The number of hydrogen-bond acceptors (Lipinski definition) is 2. The van der Waals surface area contributed by atoms with Crippen molar-refractivity contribution < 1.29 is 18.3 Å². The van der Waals surface area contributed by atoms with Crippen LogP contribution in [0.15, 0.2) is 12.1 Å². The zero-order valence-electron chi connectivity index (χ0n) is 14.8. The van der Waals surface area contributed by atoms with Crippen LogP contribution >= 0.6 is 22.6 Å². The second kappa shape index (κ2) is 8.87. The van der Waals surface area contributed by atoms with Crippen molar-refractivity contribution in [3.8, 4) is 11.5 Å². The van der Waals surface area contributed by atoms with Gasteiger partial charge in [0.1, 0.15) is 0 Å². The Balaban J connectivity index is 1.46. The van der Waals surface area contributed by atoms with Crippen molar-refractivity contribution >= 4 is 22.6 Å². The van der Waals surface area contributed by atoms with Gasteiger partial charge in [-0.15, -0.1) is 0 Å². The summed E-state index contributed by atoms with van der Waals surface area (Å²) in [6.07, 6.45) is 10.3. The number of rotatable bonds is 5. The van der Waals surface area contributed by atoms with Gasteiger partial charge in [-0.25, -0.2) is 0 Å². The van der Waals surface area contributed by atoms with Crippen LogP contribution < -0.4 is 9.47 Å². The van der Waals surface area contributed by atoms with Crippen molar-refractivity contribution in [2.24, 2.45) is 17.8 Å². The predicted octanol–water partition coefficient (Wildman–Crippen LogP) is 6.15. The summed E-state index contributed by atoms with van der Waals surface area (Å²) < 4.78 is 38.9.